The van der Waals surface area contributed by atoms with Crippen LogP contribution in [0.5, 0.6) is 0 Å². The van der Waals surface area contributed by atoms with Crippen molar-refractivity contribution in [3.8, 4) is 5.69 Å². The Morgan fingerprint density at radius 1 is 0.909 bits per heavy atom. The number of sulfonamides is 1. The van der Waals surface area contributed by atoms with Crippen LogP contribution in [0.3, 0.4) is 0 Å². The molecule has 4 aromatic rings. The molecule has 3 aromatic carbocycles. The molecule has 1 unspecified atom stereocenters. The number of aryl methyl sites for hydroxylation is 3. The predicted octanol–water partition coefficient (Wildman–Crippen LogP) is 4.40. The predicted molar refractivity (Wildman–Crippen MR) is 130 cm³/mol. The van der Waals surface area contributed by atoms with E-state index in [1.54, 1.807) is 28.9 Å². The highest BCUT2D eigenvalue weighted by atomic mass is 32.2. The lowest BCUT2D eigenvalue weighted by molar-refractivity contribution is 0.581. The SMILES string of the molecule is Cc1ccc(S(=O)(=O)NCC(Sc2nnnn2-c2c(C)cccc2C)c2ccccc2)cc1. The summed E-state index contributed by atoms with van der Waals surface area (Å²) in [5.74, 6) is 0. The Morgan fingerprint density at radius 2 is 1.58 bits per heavy atom. The van der Waals surface area contributed by atoms with Crippen LogP contribution in [-0.2, 0) is 10.0 Å². The Labute approximate surface area is 198 Å². The number of nitrogens with one attached hydrogen (secondary N) is 1. The van der Waals surface area contributed by atoms with Crippen molar-refractivity contribution < 1.29 is 8.42 Å². The first-order valence-electron chi connectivity index (χ1n) is 10.5. The molecule has 1 atom stereocenters. The third-order valence-electron chi connectivity index (χ3n) is 5.30. The summed E-state index contributed by atoms with van der Waals surface area (Å²) in [5, 5.41) is 12.7. The van der Waals surface area contributed by atoms with E-state index in [-0.39, 0.29) is 16.7 Å². The quantitative estimate of drug-likeness (QED) is 0.377. The van der Waals surface area contributed by atoms with Crippen LogP contribution < -0.4 is 4.72 Å². The largest absolute Gasteiger partial charge is 0.240 e. The smallest absolute Gasteiger partial charge is 0.210 e. The minimum Gasteiger partial charge on any atom is -0.210 e. The van der Waals surface area contributed by atoms with Crippen LogP contribution in [0.15, 0.2) is 82.8 Å². The summed E-state index contributed by atoms with van der Waals surface area (Å²) in [4.78, 5) is 0.241. The molecule has 33 heavy (non-hydrogen) atoms. The Hall–Kier alpha value is -3.01. The molecule has 0 fully saturated rings. The zero-order chi connectivity index (χ0) is 23.4. The van der Waals surface area contributed by atoms with E-state index in [0.717, 1.165) is 27.9 Å². The third-order valence-corrected chi connectivity index (χ3v) is 7.93. The first-order valence-corrected chi connectivity index (χ1v) is 12.8. The molecule has 0 amide bonds. The topological polar surface area (TPSA) is 89.8 Å². The van der Waals surface area contributed by atoms with Crippen molar-refractivity contribution in [2.24, 2.45) is 0 Å². The van der Waals surface area contributed by atoms with E-state index >= 15 is 0 Å². The molecule has 0 radical (unpaired) electrons. The molecule has 0 aliphatic heterocycles. The number of nitrogens with zero attached hydrogens (tertiary/aromatic N) is 4. The molecule has 1 aromatic heterocycles. The van der Waals surface area contributed by atoms with E-state index in [1.807, 2.05) is 69.3 Å². The van der Waals surface area contributed by atoms with Crippen molar-refractivity contribution in [3.63, 3.8) is 0 Å². The van der Waals surface area contributed by atoms with Crippen LogP contribution in [0.2, 0.25) is 0 Å². The van der Waals surface area contributed by atoms with E-state index in [2.05, 4.69) is 20.2 Å². The van der Waals surface area contributed by atoms with Gasteiger partial charge in [-0.1, -0.05) is 78.0 Å². The van der Waals surface area contributed by atoms with E-state index in [1.165, 1.54) is 11.8 Å². The van der Waals surface area contributed by atoms with Gasteiger partial charge in [0.25, 0.3) is 0 Å². The second-order valence-corrected chi connectivity index (χ2v) is 10.7. The lowest BCUT2D eigenvalue weighted by atomic mass is 10.1. The molecule has 0 aliphatic rings. The first kappa shape index (κ1) is 23.2. The average molecular weight is 480 g/mol. The molecular formula is C24H25N5O2S2. The van der Waals surface area contributed by atoms with Crippen LogP contribution in [0.1, 0.15) is 27.5 Å². The molecular weight excluding hydrogens is 454 g/mol. The van der Waals surface area contributed by atoms with Gasteiger partial charge >= 0.3 is 0 Å². The molecule has 170 valence electrons. The average Bonchev–Trinajstić information content (AvgIpc) is 3.25. The van der Waals surface area contributed by atoms with Gasteiger partial charge in [-0.3, -0.25) is 0 Å². The first-order chi connectivity index (χ1) is 15.8. The Morgan fingerprint density at radius 3 is 2.24 bits per heavy atom. The van der Waals surface area contributed by atoms with Crippen LogP contribution >= 0.6 is 11.8 Å². The molecule has 0 bridgehead atoms. The molecule has 1 heterocycles. The monoisotopic (exact) mass is 479 g/mol. The summed E-state index contributed by atoms with van der Waals surface area (Å²) in [6, 6.07) is 22.6. The summed E-state index contributed by atoms with van der Waals surface area (Å²) >= 11 is 1.43. The van der Waals surface area contributed by atoms with Gasteiger partial charge in [-0.05, 0) is 60.0 Å². The van der Waals surface area contributed by atoms with E-state index < -0.39 is 10.0 Å². The second-order valence-electron chi connectivity index (χ2n) is 7.80. The van der Waals surface area contributed by atoms with Gasteiger partial charge in [-0.2, -0.15) is 4.68 Å². The number of thioether (sulfide) groups is 1. The number of hydrogen-bond donors (Lipinski definition) is 1. The van der Waals surface area contributed by atoms with Crippen LogP contribution in [-0.4, -0.2) is 35.2 Å². The highest BCUT2D eigenvalue weighted by Gasteiger charge is 2.23. The molecule has 4 rings (SSSR count). The van der Waals surface area contributed by atoms with E-state index in [4.69, 9.17) is 0 Å². The number of para-hydroxylation sites is 1. The molecule has 7 nitrogen and oxygen atoms in total. The molecule has 0 saturated heterocycles. The van der Waals surface area contributed by atoms with Gasteiger partial charge in [0.15, 0.2) is 0 Å². The molecule has 0 saturated carbocycles. The van der Waals surface area contributed by atoms with Crippen molar-refractivity contribution in [1.82, 2.24) is 24.9 Å². The van der Waals surface area contributed by atoms with Crippen molar-refractivity contribution >= 4 is 21.8 Å². The van der Waals surface area contributed by atoms with Gasteiger partial charge in [-0.15, -0.1) is 5.10 Å². The van der Waals surface area contributed by atoms with Gasteiger partial charge < -0.3 is 0 Å². The molecule has 1 N–H and O–H groups in total. The van der Waals surface area contributed by atoms with Gasteiger partial charge in [-0.25, -0.2) is 13.1 Å². The van der Waals surface area contributed by atoms with Crippen LogP contribution in [0, 0.1) is 20.8 Å². The number of aromatic nitrogens is 4. The maximum absolute atomic E-state index is 12.9. The highest BCUT2D eigenvalue weighted by Crippen LogP contribution is 2.35. The van der Waals surface area contributed by atoms with Gasteiger partial charge in [0, 0.05) is 6.54 Å². The Balaban J connectivity index is 1.63. The zero-order valence-electron chi connectivity index (χ0n) is 18.6. The second kappa shape index (κ2) is 9.86. The van der Waals surface area contributed by atoms with Gasteiger partial charge in [0.2, 0.25) is 15.2 Å². The standard InChI is InChI=1S/C24H25N5O2S2/c1-17-12-14-21(15-13-17)33(30,31)25-16-22(20-10-5-4-6-11-20)32-24-26-27-28-29(24)23-18(2)8-7-9-19(23)3/h4-15,22,25H,16H2,1-3H3. The Kier molecular flexibility index (Phi) is 6.92. The van der Waals surface area contributed by atoms with Crippen LogP contribution in [0.25, 0.3) is 5.69 Å². The lowest BCUT2D eigenvalue weighted by Gasteiger charge is -2.18. The summed E-state index contributed by atoms with van der Waals surface area (Å²) in [6.07, 6.45) is 0. The number of benzene rings is 3. The number of rotatable bonds is 8. The maximum atomic E-state index is 12.9. The van der Waals surface area contributed by atoms with E-state index in [9.17, 15) is 8.42 Å². The van der Waals surface area contributed by atoms with Crippen molar-refractivity contribution in [1.29, 1.82) is 0 Å². The lowest BCUT2D eigenvalue weighted by Crippen LogP contribution is -2.28. The summed E-state index contributed by atoms with van der Waals surface area (Å²) in [7, 11) is -3.66. The van der Waals surface area contributed by atoms with Gasteiger partial charge in [0.05, 0.1) is 15.8 Å². The van der Waals surface area contributed by atoms with Crippen molar-refractivity contribution in [2.75, 3.05) is 6.54 Å². The fraction of sp³-hybridized carbons (Fsp3) is 0.208. The summed E-state index contributed by atoms with van der Waals surface area (Å²) in [6.45, 7) is 6.14. The van der Waals surface area contributed by atoms with Crippen LogP contribution in [0.4, 0.5) is 0 Å². The maximum Gasteiger partial charge on any atom is 0.240 e. The number of hydrogen-bond acceptors (Lipinski definition) is 6. The van der Waals surface area contributed by atoms with E-state index in [0.29, 0.717) is 5.16 Å². The fourth-order valence-corrected chi connectivity index (χ4v) is 5.72. The normalized spacial score (nSPS) is 12.6. The summed E-state index contributed by atoms with van der Waals surface area (Å²) in [5.41, 5.74) is 5.02. The summed E-state index contributed by atoms with van der Waals surface area (Å²) < 4.78 is 30.3. The number of tetrazole rings is 1. The fourth-order valence-electron chi connectivity index (χ4n) is 3.54. The molecule has 9 heteroatoms. The minimum atomic E-state index is -3.66. The van der Waals surface area contributed by atoms with Crippen molar-refractivity contribution in [2.45, 2.75) is 36.1 Å². The zero-order valence-corrected chi connectivity index (χ0v) is 20.3. The molecule has 0 aliphatic carbocycles. The van der Waals surface area contributed by atoms with Gasteiger partial charge in [0.1, 0.15) is 0 Å². The highest BCUT2D eigenvalue weighted by molar-refractivity contribution is 7.99. The van der Waals surface area contributed by atoms with Crippen molar-refractivity contribution in [3.05, 3.63) is 95.1 Å². The molecule has 0 spiro atoms. The minimum absolute atomic E-state index is 0.185. The Bertz CT molecular complexity index is 1320. The third kappa shape index (κ3) is 5.32.